The molecule has 1 aliphatic carbocycles. The Morgan fingerprint density at radius 1 is 1.65 bits per heavy atom. The van der Waals surface area contributed by atoms with Crippen molar-refractivity contribution in [2.75, 3.05) is 5.32 Å². The van der Waals surface area contributed by atoms with Gasteiger partial charge in [0.1, 0.15) is 12.1 Å². The highest BCUT2D eigenvalue weighted by atomic mass is 16.6. The van der Waals surface area contributed by atoms with Crippen LogP contribution in [0.4, 0.5) is 11.5 Å². The summed E-state index contributed by atoms with van der Waals surface area (Å²) in [7, 11) is 0. The molecule has 1 saturated carbocycles. The Bertz CT molecular complexity index is 591. The molecular formula is C12H13N5O3. The molecule has 0 radical (unpaired) electrons. The maximum atomic E-state index is 11.8. The van der Waals surface area contributed by atoms with Gasteiger partial charge in [-0.1, -0.05) is 0 Å². The molecule has 1 unspecified atom stereocenters. The Balaban J connectivity index is 2.13. The minimum Gasteiger partial charge on any atom is -0.353 e. The van der Waals surface area contributed by atoms with Crippen LogP contribution in [0.5, 0.6) is 0 Å². The largest absolute Gasteiger partial charge is 0.353 e. The molecule has 8 heteroatoms. The predicted octanol–water partition coefficient (Wildman–Crippen LogP) is 0.940. The van der Waals surface area contributed by atoms with E-state index in [1.54, 1.807) is 13.0 Å². The molecule has 8 nitrogen and oxygen atoms in total. The third kappa shape index (κ3) is 3.20. The van der Waals surface area contributed by atoms with Crippen LogP contribution in [0.1, 0.15) is 25.3 Å². The maximum Gasteiger partial charge on any atom is 0.312 e. The van der Waals surface area contributed by atoms with Gasteiger partial charge in [-0.25, -0.2) is 4.98 Å². The van der Waals surface area contributed by atoms with Crippen molar-refractivity contribution >= 4 is 17.4 Å². The van der Waals surface area contributed by atoms with E-state index in [-0.39, 0.29) is 29.0 Å². The summed E-state index contributed by atoms with van der Waals surface area (Å²) in [5.74, 6) is -0.250. The molecule has 2 rings (SSSR count). The van der Waals surface area contributed by atoms with Gasteiger partial charge in [0.15, 0.2) is 0 Å². The predicted molar refractivity (Wildman–Crippen MR) is 69.9 cm³/mol. The monoisotopic (exact) mass is 275 g/mol. The summed E-state index contributed by atoms with van der Waals surface area (Å²) < 4.78 is 0. The second kappa shape index (κ2) is 5.52. The first-order chi connectivity index (χ1) is 9.51. The highest BCUT2D eigenvalue weighted by Crippen LogP contribution is 2.23. The van der Waals surface area contributed by atoms with Crippen molar-refractivity contribution in [3.8, 4) is 6.07 Å². The van der Waals surface area contributed by atoms with Gasteiger partial charge >= 0.3 is 5.69 Å². The zero-order chi connectivity index (χ0) is 14.7. The van der Waals surface area contributed by atoms with Crippen molar-refractivity contribution < 1.29 is 9.72 Å². The van der Waals surface area contributed by atoms with E-state index in [9.17, 15) is 14.9 Å². The molecule has 1 fully saturated rings. The number of amides is 1. The number of nitriles is 1. The number of hydrogen-bond acceptors (Lipinski definition) is 6. The number of rotatable bonds is 5. The molecule has 1 aromatic rings. The topological polar surface area (TPSA) is 121 Å². The minimum atomic E-state index is -0.644. The fourth-order valence-electron chi connectivity index (χ4n) is 1.59. The fraction of sp³-hybridized carbons (Fsp3) is 0.417. The Labute approximate surface area is 115 Å². The Hall–Kier alpha value is -2.69. The lowest BCUT2D eigenvalue weighted by atomic mass is 10.2. The Kier molecular flexibility index (Phi) is 3.79. The van der Waals surface area contributed by atoms with Crippen molar-refractivity contribution in [1.82, 2.24) is 10.3 Å². The SMILES string of the molecule is CC(Nc1ncc(C#N)cc1[N+](=O)[O-])C(=O)NC1CC1. The van der Waals surface area contributed by atoms with Gasteiger partial charge in [0.05, 0.1) is 10.5 Å². The molecule has 1 aliphatic rings. The molecule has 0 saturated heterocycles. The van der Waals surface area contributed by atoms with Gasteiger partial charge in [0.25, 0.3) is 0 Å². The zero-order valence-corrected chi connectivity index (χ0v) is 10.8. The molecular weight excluding hydrogens is 262 g/mol. The van der Waals surface area contributed by atoms with Gasteiger partial charge in [-0.05, 0) is 19.8 Å². The van der Waals surface area contributed by atoms with Crippen LogP contribution < -0.4 is 10.6 Å². The number of aromatic nitrogens is 1. The van der Waals surface area contributed by atoms with Crippen molar-refractivity contribution in [3.05, 3.63) is 27.9 Å². The Morgan fingerprint density at radius 3 is 2.90 bits per heavy atom. The summed E-state index contributed by atoms with van der Waals surface area (Å²) >= 11 is 0. The van der Waals surface area contributed by atoms with Gasteiger partial charge in [-0.15, -0.1) is 0 Å². The van der Waals surface area contributed by atoms with Gasteiger partial charge in [-0.2, -0.15) is 5.26 Å². The first kappa shape index (κ1) is 13.7. The summed E-state index contributed by atoms with van der Waals surface area (Å²) in [5.41, 5.74) is -0.229. The van der Waals surface area contributed by atoms with Gasteiger partial charge in [-0.3, -0.25) is 14.9 Å². The molecule has 20 heavy (non-hydrogen) atoms. The summed E-state index contributed by atoms with van der Waals surface area (Å²) in [6, 6.07) is 2.49. The molecule has 1 aromatic heterocycles. The smallest absolute Gasteiger partial charge is 0.312 e. The Morgan fingerprint density at radius 2 is 2.35 bits per heavy atom. The lowest BCUT2D eigenvalue weighted by molar-refractivity contribution is -0.384. The molecule has 1 amide bonds. The number of carbonyl (C=O) groups is 1. The standard InChI is InChI=1S/C12H13N5O3/c1-7(12(18)16-9-2-3-9)15-11-10(17(19)20)4-8(5-13)6-14-11/h4,6-7,9H,2-3H2,1H3,(H,14,15)(H,16,18). The van der Waals surface area contributed by atoms with E-state index in [1.807, 2.05) is 0 Å². The third-order valence-corrected chi connectivity index (χ3v) is 2.86. The van der Waals surface area contributed by atoms with E-state index < -0.39 is 11.0 Å². The average molecular weight is 275 g/mol. The number of anilines is 1. The first-order valence-electron chi connectivity index (χ1n) is 6.12. The summed E-state index contributed by atoms with van der Waals surface area (Å²) in [4.78, 5) is 25.9. The molecule has 1 heterocycles. The molecule has 0 bridgehead atoms. The molecule has 2 N–H and O–H groups in total. The number of pyridine rings is 1. The van der Waals surface area contributed by atoms with Crippen molar-refractivity contribution in [2.24, 2.45) is 0 Å². The van der Waals surface area contributed by atoms with Crippen LogP contribution in [0, 0.1) is 21.4 Å². The van der Waals surface area contributed by atoms with Crippen LogP contribution in [0.15, 0.2) is 12.3 Å². The van der Waals surface area contributed by atoms with Crippen LogP contribution in [0.25, 0.3) is 0 Å². The number of nitro groups is 1. The van der Waals surface area contributed by atoms with Crippen LogP contribution in [-0.2, 0) is 4.79 Å². The van der Waals surface area contributed by atoms with E-state index in [2.05, 4.69) is 15.6 Å². The van der Waals surface area contributed by atoms with Crippen LogP contribution in [-0.4, -0.2) is 27.9 Å². The van der Waals surface area contributed by atoms with E-state index in [1.165, 1.54) is 6.20 Å². The van der Waals surface area contributed by atoms with Gasteiger partial charge in [0.2, 0.25) is 11.7 Å². The van der Waals surface area contributed by atoms with Gasteiger partial charge < -0.3 is 10.6 Å². The third-order valence-electron chi connectivity index (χ3n) is 2.86. The highest BCUT2D eigenvalue weighted by Gasteiger charge is 2.27. The number of carbonyl (C=O) groups excluding carboxylic acids is 1. The second-order valence-corrected chi connectivity index (χ2v) is 4.61. The summed E-state index contributed by atoms with van der Waals surface area (Å²) in [5, 5.41) is 25.2. The average Bonchev–Trinajstić information content (AvgIpc) is 3.22. The van der Waals surface area contributed by atoms with Crippen LogP contribution in [0.3, 0.4) is 0 Å². The van der Waals surface area contributed by atoms with Crippen molar-refractivity contribution in [2.45, 2.75) is 31.8 Å². The number of nitrogens with one attached hydrogen (secondary N) is 2. The normalized spacial score (nSPS) is 15.0. The highest BCUT2D eigenvalue weighted by molar-refractivity contribution is 5.85. The maximum absolute atomic E-state index is 11.8. The number of hydrogen-bond donors (Lipinski definition) is 2. The fourth-order valence-corrected chi connectivity index (χ4v) is 1.59. The van der Waals surface area contributed by atoms with Crippen molar-refractivity contribution in [1.29, 1.82) is 5.26 Å². The van der Waals surface area contributed by atoms with Gasteiger partial charge in [0, 0.05) is 18.3 Å². The molecule has 0 aromatic carbocycles. The van der Waals surface area contributed by atoms with E-state index in [4.69, 9.17) is 5.26 Å². The minimum absolute atomic E-state index is 0.0209. The summed E-state index contributed by atoms with van der Waals surface area (Å²) in [6.07, 6.45) is 3.16. The van der Waals surface area contributed by atoms with Crippen molar-refractivity contribution in [3.63, 3.8) is 0 Å². The van der Waals surface area contributed by atoms with Crippen LogP contribution in [0.2, 0.25) is 0 Å². The number of nitrogens with zero attached hydrogens (tertiary/aromatic N) is 3. The zero-order valence-electron chi connectivity index (χ0n) is 10.8. The van der Waals surface area contributed by atoms with E-state index in [0.29, 0.717) is 0 Å². The second-order valence-electron chi connectivity index (χ2n) is 4.61. The first-order valence-corrected chi connectivity index (χ1v) is 6.12. The van der Waals surface area contributed by atoms with E-state index in [0.717, 1.165) is 18.9 Å². The van der Waals surface area contributed by atoms with E-state index >= 15 is 0 Å². The lowest BCUT2D eigenvalue weighted by Crippen LogP contribution is -2.39. The molecule has 104 valence electrons. The molecule has 1 atom stereocenters. The quantitative estimate of drug-likeness (QED) is 0.609. The molecule has 0 spiro atoms. The van der Waals surface area contributed by atoms with Crippen LogP contribution >= 0.6 is 0 Å². The summed E-state index contributed by atoms with van der Waals surface area (Å²) in [6.45, 7) is 1.60. The lowest BCUT2D eigenvalue weighted by Gasteiger charge is -2.14. The molecule has 0 aliphatic heterocycles.